The summed E-state index contributed by atoms with van der Waals surface area (Å²) in [4.78, 5) is 21.3. The monoisotopic (exact) mass is 276 g/mol. The van der Waals surface area contributed by atoms with Crippen LogP contribution in [0.25, 0.3) is 0 Å². The lowest BCUT2D eigenvalue weighted by Gasteiger charge is -2.25. The van der Waals surface area contributed by atoms with Crippen LogP contribution in [0.1, 0.15) is 34.9 Å². The molecule has 2 rings (SSSR count). The molecule has 1 aliphatic rings. The van der Waals surface area contributed by atoms with Crippen LogP contribution < -0.4 is 5.32 Å². The fourth-order valence-electron chi connectivity index (χ4n) is 2.17. The van der Waals surface area contributed by atoms with Gasteiger partial charge in [-0.1, -0.05) is 0 Å². The Kier molecular flexibility index (Phi) is 3.65. The average molecular weight is 276 g/mol. The number of alkyl halides is 3. The molecule has 0 aliphatic carbocycles. The molecule has 0 saturated carbocycles. The molecule has 9 heteroatoms. The molecule has 1 aliphatic heterocycles. The van der Waals surface area contributed by atoms with E-state index in [-0.39, 0.29) is 0 Å². The van der Waals surface area contributed by atoms with E-state index in [4.69, 9.17) is 0 Å². The van der Waals surface area contributed by atoms with Crippen LogP contribution in [0.15, 0.2) is 11.4 Å². The molecule has 1 amide bonds. The van der Waals surface area contributed by atoms with E-state index in [9.17, 15) is 22.9 Å². The highest BCUT2D eigenvalue weighted by molar-refractivity contribution is 5.95. The quantitative estimate of drug-likeness (QED) is 0.835. The number of nitrogens with one attached hydrogen (secondary N) is 1. The van der Waals surface area contributed by atoms with Crippen LogP contribution in [0.3, 0.4) is 0 Å². The maximum Gasteiger partial charge on any atom is 0.433 e. The molecule has 19 heavy (non-hydrogen) atoms. The second-order valence-corrected chi connectivity index (χ2v) is 4.25. The zero-order valence-electron chi connectivity index (χ0n) is 9.78. The number of nitrogens with zero attached hydrogens (tertiary/aromatic N) is 3. The number of nitroso groups, excluding NO2 is 1. The number of halogens is 3. The van der Waals surface area contributed by atoms with Gasteiger partial charge in [-0.05, 0) is 19.4 Å². The van der Waals surface area contributed by atoms with Gasteiger partial charge in [-0.15, -0.1) is 4.91 Å². The third-order valence-electron chi connectivity index (χ3n) is 2.99. The largest absolute Gasteiger partial charge is 0.433 e. The Morgan fingerprint density at radius 1 is 1.53 bits per heavy atom. The Labute approximate surface area is 105 Å². The van der Waals surface area contributed by atoms with Gasteiger partial charge < -0.3 is 5.32 Å². The Hall–Kier alpha value is -1.77. The van der Waals surface area contributed by atoms with Crippen molar-refractivity contribution in [2.75, 3.05) is 13.1 Å². The molecule has 0 radical (unpaired) electrons. The molecular formula is C10H11F3N4O2. The molecule has 1 unspecified atom stereocenters. The molecule has 0 aromatic carbocycles. The maximum absolute atomic E-state index is 13.0. The second kappa shape index (κ2) is 5.08. The highest BCUT2D eigenvalue weighted by Crippen LogP contribution is 2.35. The van der Waals surface area contributed by atoms with Crippen molar-refractivity contribution in [1.29, 1.82) is 0 Å². The van der Waals surface area contributed by atoms with Gasteiger partial charge in [-0.25, -0.2) is 0 Å². The number of carbonyl (C=O) groups excluding carboxylic acids is 1. The first-order valence-electron chi connectivity index (χ1n) is 5.68. The summed E-state index contributed by atoms with van der Waals surface area (Å²) in [6.45, 7) is 1.08. The lowest BCUT2D eigenvalue weighted by atomic mass is 10.1. The van der Waals surface area contributed by atoms with Crippen LogP contribution in [0.4, 0.5) is 13.2 Å². The van der Waals surface area contributed by atoms with Crippen molar-refractivity contribution in [2.24, 2.45) is 5.18 Å². The predicted molar refractivity (Wildman–Crippen MR) is 58.5 cm³/mol. The summed E-state index contributed by atoms with van der Waals surface area (Å²) in [5.74, 6) is -1.46. The van der Waals surface area contributed by atoms with Gasteiger partial charge in [-0.2, -0.15) is 18.3 Å². The zero-order valence-corrected chi connectivity index (χ0v) is 9.78. The van der Waals surface area contributed by atoms with E-state index < -0.39 is 29.4 Å². The van der Waals surface area contributed by atoms with E-state index in [2.05, 4.69) is 10.4 Å². The van der Waals surface area contributed by atoms with Gasteiger partial charge in [0, 0.05) is 11.7 Å². The number of carbonyl (C=O) groups is 1. The average Bonchev–Trinajstić information content (AvgIpc) is 2.83. The van der Waals surface area contributed by atoms with Crippen molar-refractivity contribution in [3.63, 3.8) is 0 Å². The first-order chi connectivity index (χ1) is 8.95. The van der Waals surface area contributed by atoms with Crippen LogP contribution in [0, 0.1) is 4.91 Å². The van der Waals surface area contributed by atoms with E-state index in [1.807, 2.05) is 5.18 Å². The van der Waals surface area contributed by atoms with Crippen LogP contribution in [-0.2, 0) is 6.18 Å². The number of hydrogen-bond donors (Lipinski definition) is 1. The molecule has 0 spiro atoms. The molecule has 0 bridgehead atoms. The standard InChI is InChI=1S/C10H11F3N4O2/c11-10(12,13)8-7(9(18)16-19)5-15-17(8)6-2-1-3-14-4-6/h5-6,14H,1-4H2. The van der Waals surface area contributed by atoms with Gasteiger partial charge in [-0.3, -0.25) is 9.48 Å². The Balaban J connectivity index is 2.46. The lowest BCUT2D eigenvalue weighted by molar-refractivity contribution is -0.145. The highest BCUT2D eigenvalue weighted by atomic mass is 19.4. The normalized spacial score (nSPS) is 20.3. The van der Waals surface area contributed by atoms with Crippen molar-refractivity contribution in [3.05, 3.63) is 22.4 Å². The fourth-order valence-corrected chi connectivity index (χ4v) is 2.17. The molecule has 2 heterocycles. The minimum absolute atomic E-state index is 0.340. The fraction of sp³-hybridized carbons (Fsp3) is 0.600. The molecule has 1 atom stereocenters. The minimum Gasteiger partial charge on any atom is -0.315 e. The summed E-state index contributed by atoms with van der Waals surface area (Å²) in [7, 11) is 0. The first-order valence-corrected chi connectivity index (χ1v) is 5.68. The molecule has 1 aromatic rings. The molecule has 1 saturated heterocycles. The number of amides is 1. The van der Waals surface area contributed by atoms with E-state index in [1.54, 1.807) is 0 Å². The summed E-state index contributed by atoms with van der Waals surface area (Å²) in [5.41, 5.74) is -2.00. The van der Waals surface area contributed by atoms with E-state index >= 15 is 0 Å². The summed E-state index contributed by atoms with van der Waals surface area (Å²) >= 11 is 0. The second-order valence-electron chi connectivity index (χ2n) is 4.25. The van der Waals surface area contributed by atoms with E-state index in [1.165, 1.54) is 0 Å². The van der Waals surface area contributed by atoms with Gasteiger partial charge in [0.1, 0.15) is 0 Å². The van der Waals surface area contributed by atoms with Crippen molar-refractivity contribution < 1.29 is 18.0 Å². The Bertz CT molecular complexity index is 491. The van der Waals surface area contributed by atoms with Crippen molar-refractivity contribution >= 4 is 5.91 Å². The van der Waals surface area contributed by atoms with Crippen molar-refractivity contribution in [3.8, 4) is 0 Å². The number of piperidine rings is 1. The highest BCUT2D eigenvalue weighted by Gasteiger charge is 2.41. The molecular weight excluding hydrogens is 265 g/mol. The summed E-state index contributed by atoms with van der Waals surface area (Å²) < 4.78 is 39.8. The number of aromatic nitrogens is 2. The Morgan fingerprint density at radius 2 is 2.26 bits per heavy atom. The first kappa shape index (κ1) is 13.7. The van der Waals surface area contributed by atoms with Gasteiger partial charge in [0.15, 0.2) is 5.69 Å². The lowest BCUT2D eigenvalue weighted by Crippen LogP contribution is -2.34. The van der Waals surface area contributed by atoms with Gasteiger partial charge in [0.2, 0.25) is 0 Å². The zero-order chi connectivity index (χ0) is 14.0. The van der Waals surface area contributed by atoms with Crippen LogP contribution >= 0.6 is 0 Å². The number of hydrogen-bond acceptors (Lipinski definition) is 4. The van der Waals surface area contributed by atoms with Gasteiger partial charge >= 0.3 is 12.1 Å². The van der Waals surface area contributed by atoms with Gasteiger partial charge in [0.25, 0.3) is 0 Å². The smallest absolute Gasteiger partial charge is 0.315 e. The summed E-state index contributed by atoms with van der Waals surface area (Å²) in [5, 5.41) is 8.61. The SMILES string of the molecule is O=NC(=O)c1cnn(C2CCCNC2)c1C(F)(F)F. The third-order valence-corrected chi connectivity index (χ3v) is 2.99. The topological polar surface area (TPSA) is 76.3 Å². The maximum atomic E-state index is 13.0. The van der Waals surface area contributed by atoms with Crippen molar-refractivity contribution in [1.82, 2.24) is 15.1 Å². The van der Waals surface area contributed by atoms with E-state index in [0.29, 0.717) is 13.0 Å². The van der Waals surface area contributed by atoms with Gasteiger partial charge in [0.05, 0.1) is 17.8 Å². The number of rotatable bonds is 2. The molecule has 1 fully saturated rings. The molecule has 1 aromatic heterocycles. The molecule has 104 valence electrons. The Morgan fingerprint density at radius 3 is 2.79 bits per heavy atom. The molecule has 6 nitrogen and oxygen atoms in total. The van der Waals surface area contributed by atoms with Crippen LogP contribution in [0.5, 0.6) is 0 Å². The third kappa shape index (κ3) is 2.65. The summed E-state index contributed by atoms with van der Waals surface area (Å²) in [6, 6.07) is -0.487. The van der Waals surface area contributed by atoms with E-state index in [0.717, 1.165) is 23.8 Å². The summed E-state index contributed by atoms with van der Waals surface area (Å²) in [6.07, 6.45) is -2.76. The molecule has 1 N–H and O–H groups in total. The van der Waals surface area contributed by atoms with Crippen LogP contribution in [-0.4, -0.2) is 28.8 Å². The van der Waals surface area contributed by atoms with Crippen LogP contribution in [0.2, 0.25) is 0 Å². The van der Waals surface area contributed by atoms with Crippen molar-refractivity contribution in [2.45, 2.75) is 25.1 Å². The predicted octanol–water partition coefficient (Wildman–Crippen LogP) is 1.73. The minimum atomic E-state index is -4.76.